The van der Waals surface area contributed by atoms with E-state index < -0.39 is 0 Å². The Morgan fingerprint density at radius 3 is 2.55 bits per heavy atom. The van der Waals surface area contributed by atoms with E-state index in [-0.39, 0.29) is 0 Å². The normalized spacial score (nSPS) is 15.9. The highest BCUT2D eigenvalue weighted by atomic mass is 16.5. The van der Waals surface area contributed by atoms with Gasteiger partial charge in [0.05, 0.1) is 14.2 Å². The maximum atomic E-state index is 12.1. The molecule has 4 heteroatoms. The first-order valence-corrected chi connectivity index (χ1v) is 7.16. The summed E-state index contributed by atoms with van der Waals surface area (Å²) in [4.78, 5) is 12.1. The second kappa shape index (κ2) is 7.29. The minimum absolute atomic E-state index is 0.309. The number of nitrogens with one attached hydrogen (secondary N) is 1. The molecule has 20 heavy (non-hydrogen) atoms. The molecule has 0 atom stereocenters. The molecule has 1 aliphatic heterocycles. The average Bonchev–Trinajstić information content (AvgIpc) is 2.48. The Labute approximate surface area is 120 Å². The molecule has 0 aromatic heterocycles. The quantitative estimate of drug-likeness (QED) is 0.866. The third-order valence-corrected chi connectivity index (χ3v) is 3.82. The van der Waals surface area contributed by atoms with Crippen molar-refractivity contribution in [2.45, 2.75) is 25.7 Å². The molecule has 0 aliphatic carbocycles. The Hall–Kier alpha value is -1.55. The van der Waals surface area contributed by atoms with E-state index in [1.165, 1.54) is 0 Å². The van der Waals surface area contributed by atoms with E-state index in [0.29, 0.717) is 36.0 Å². The molecule has 1 N–H and O–H groups in total. The number of piperidine rings is 1. The predicted molar refractivity (Wildman–Crippen MR) is 78.5 cm³/mol. The fraction of sp³-hybridized carbons (Fsp3) is 0.562. The molecule has 0 radical (unpaired) electrons. The molecule has 0 amide bonds. The van der Waals surface area contributed by atoms with Gasteiger partial charge in [0.2, 0.25) is 0 Å². The number of Topliss-reactive ketones (excluding diaryl/α,β-unsaturated/α-hetero) is 1. The van der Waals surface area contributed by atoms with Crippen molar-refractivity contribution in [1.82, 2.24) is 5.32 Å². The van der Waals surface area contributed by atoms with Gasteiger partial charge in [-0.1, -0.05) is 6.07 Å². The van der Waals surface area contributed by atoms with Crippen molar-refractivity contribution < 1.29 is 14.3 Å². The number of hydrogen-bond acceptors (Lipinski definition) is 4. The largest absolute Gasteiger partial charge is 0.493 e. The second-order valence-electron chi connectivity index (χ2n) is 5.30. The molecule has 2 rings (SSSR count). The van der Waals surface area contributed by atoms with Crippen LogP contribution in [0.3, 0.4) is 0 Å². The van der Waals surface area contributed by atoms with E-state index in [1.54, 1.807) is 14.2 Å². The van der Waals surface area contributed by atoms with Crippen LogP contribution in [0, 0.1) is 5.92 Å². The standard InChI is InChI=1S/C16H23NO3/c1-19-15-4-3-13(11-16(15)20-2)10-14(18)9-12-5-7-17-8-6-12/h3-4,11-12,17H,5-10H2,1-2H3. The van der Waals surface area contributed by atoms with E-state index >= 15 is 0 Å². The number of ketones is 1. The highest BCUT2D eigenvalue weighted by Crippen LogP contribution is 2.28. The molecule has 1 saturated heterocycles. The fourth-order valence-electron chi connectivity index (χ4n) is 2.70. The molecule has 1 aromatic rings. The zero-order valence-electron chi connectivity index (χ0n) is 12.3. The Bertz CT molecular complexity index is 453. The summed E-state index contributed by atoms with van der Waals surface area (Å²) in [6.07, 6.45) is 3.38. The van der Waals surface area contributed by atoms with Gasteiger partial charge in [0.15, 0.2) is 11.5 Å². The zero-order chi connectivity index (χ0) is 14.4. The van der Waals surface area contributed by atoms with Gasteiger partial charge in [-0.2, -0.15) is 0 Å². The monoisotopic (exact) mass is 277 g/mol. The van der Waals surface area contributed by atoms with E-state index in [1.807, 2.05) is 18.2 Å². The predicted octanol–water partition coefficient (Wildman–Crippen LogP) is 2.21. The summed E-state index contributed by atoms with van der Waals surface area (Å²) in [5.74, 6) is 2.23. The molecular formula is C16H23NO3. The molecule has 1 aliphatic rings. The lowest BCUT2D eigenvalue weighted by Gasteiger charge is -2.21. The van der Waals surface area contributed by atoms with Gasteiger partial charge in [0.25, 0.3) is 0 Å². The number of carbonyl (C=O) groups excluding carboxylic acids is 1. The molecular weight excluding hydrogens is 254 g/mol. The summed E-state index contributed by atoms with van der Waals surface area (Å²) < 4.78 is 10.5. The molecule has 1 fully saturated rings. The Balaban J connectivity index is 1.93. The van der Waals surface area contributed by atoms with Crippen molar-refractivity contribution in [2.75, 3.05) is 27.3 Å². The molecule has 110 valence electrons. The number of carbonyl (C=O) groups is 1. The van der Waals surface area contributed by atoms with Gasteiger partial charge in [-0.3, -0.25) is 4.79 Å². The van der Waals surface area contributed by atoms with Crippen molar-refractivity contribution in [3.05, 3.63) is 23.8 Å². The summed E-state index contributed by atoms with van der Waals surface area (Å²) >= 11 is 0. The van der Waals surface area contributed by atoms with Gasteiger partial charge >= 0.3 is 0 Å². The summed E-state index contributed by atoms with van der Waals surface area (Å²) in [6.45, 7) is 2.07. The molecule has 0 bridgehead atoms. The lowest BCUT2D eigenvalue weighted by atomic mass is 9.91. The molecule has 0 spiro atoms. The van der Waals surface area contributed by atoms with Crippen LogP contribution in [0.15, 0.2) is 18.2 Å². The number of methoxy groups -OCH3 is 2. The maximum absolute atomic E-state index is 12.1. The van der Waals surface area contributed by atoms with Crippen LogP contribution in [0.4, 0.5) is 0 Å². The molecule has 0 unspecified atom stereocenters. The third-order valence-electron chi connectivity index (χ3n) is 3.82. The molecule has 1 aromatic carbocycles. The summed E-state index contributed by atoms with van der Waals surface area (Å²) in [5.41, 5.74) is 0.988. The van der Waals surface area contributed by atoms with Crippen molar-refractivity contribution in [1.29, 1.82) is 0 Å². The van der Waals surface area contributed by atoms with Gasteiger partial charge in [-0.25, -0.2) is 0 Å². The van der Waals surface area contributed by atoms with Crippen LogP contribution in [0.25, 0.3) is 0 Å². The van der Waals surface area contributed by atoms with Crippen molar-refractivity contribution in [3.63, 3.8) is 0 Å². The number of rotatable bonds is 6. The van der Waals surface area contributed by atoms with E-state index in [0.717, 1.165) is 31.5 Å². The van der Waals surface area contributed by atoms with Gasteiger partial charge in [0.1, 0.15) is 5.78 Å². The van der Waals surface area contributed by atoms with Gasteiger partial charge in [-0.15, -0.1) is 0 Å². The Morgan fingerprint density at radius 1 is 1.20 bits per heavy atom. The maximum Gasteiger partial charge on any atom is 0.161 e. The van der Waals surface area contributed by atoms with E-state index in [9.17, 15) is 4.79 Å². The first-order valence-electron chi connectivity index (χ1n) is 7.16. The highest BCUT2D eigenvalue weighted by Gasteiger charge is 2.17. The van der Waals surface area contributed by atoms with Crippen molar-refractivity contribution in [3.8, 4) is 11.5 Å². The topological polar surface area (TPSA) is 47.6 Å². The number of benzene rings is 1. The van der Waals surface area contributed by atoms with Crippen LogP contribution in [-0.4, -0.2) is 33.1 Å². The lowest BCUT2D eigenvalue weighted by molar-refractivity contribution is -0.119. The Kier molecular flexibility index (Phi) is 5.41. The first-order chi connectivity index (χ1) is 9.72. The fourth-order valence-corrected chi connectivity index (χ4v) is 2.70. The third kappa shape index (κ3) is 3.97. The van der Waals surface area contributed by atoms with Crippen molar-refractivity contribution in [2.24, 2.45) is 5.92 Å². The lowest BCUT2D eigenvalue weighted by Crippen LogP contribution is -2.29. The molecule has 1 heterocycles. The average molecular weight is 277 g/mol. The summed E-state index contributed by atoms with van der Waals surface area (Å²) in [5, 5.41) is 3.32. The number of ether oxygens (including phenoxy) is 2. The van der Waals surface area contributed by atoms with Gasteiger partial charge in [-0.05, 0) is 49.5 Å². The van der Waals surface area contributed by atoms with Crippen LogP contribution >= 0.6 is 0 Å². The SMILES string of the molecule is COc1ccc(CC(=O)CC2CCNCC2)cc1OC. The second-order valence-corrected chi connectivity index (χ2v) is 5.30. The summed E-state index contributed by atoms with van der Waals surface area (Å²) in [6, 6.07) is 5.67. The van der Waals surface area contributed by atoms with Crippen LogP contribution in [0.5, 0.6) is 11.5 Å². The van der Waals surface area contributed by atoms with Crippen molar-refractivity contribution >= 4 is 5.78 Å². The van der Waals surface area contributed by atoms with Crippen LogP contribution < -0.4 is 14.8 Å². The number of hydrogen-bond donors (Lipinski definition) is 1. The van der Waals surface area contributed by atoms with Crippen LogP contribution in [0.1, 0.15) is 24.8 Å². The van der Waals surface area contributed by atoms with Crippen LogP contribution in [0.2, 0.25) is 0 Å². The first kappa shape index (κ1) is 14.9. The van der Waals surface area contributed by atoms with Gasteiger partial charge < -0.3 is 14.8 Å². The van der Waals surface area contributed by atoms with E-state index in [2.05, 4.69) is 5.32 Å². The minimum atomic E-state index is 0.309. The van der Waals surface area contributed by atoms with Crippen LogP contribution in [-0.2, 0) is 11.2 Å². The molecule has 4 nitrogen and oxygen atoms in total. The summed E-state index contributed by atoms with van der Waals surface area (Å²) in [7, 11) is 3.22. The zero-order valence-corrected chi connectivity index (χ0v) is 12.3. The minimum Gasteiger partial charge on any atom is -0.493 e. The van der Waals surface area contributed by atoms with E-state index in [4.69, 9.17) is 9.47 Å². The van der Waals surface area contributed by atoms with Gasteiger partial charge in [0, 0.05) is 12.8 Å². The highest BCUT2D eigenvalue weighted by molar-refractivity contribution is 5.81. The smallest absolute Gasteiger partial charge is 0.161 e. The molecule has 0 saturated carbocycles. The Morgan fingerprint density at radius 2 is 1.90 bits per heavy atom.